The molecule has 7 nitrogen and oxygen atoms in total. The van der Waals surface area contributed by atoms with Crippen LogP contribution >= 0.6 is 0 Å². The summed E-state index contributed by atoms with van der Waals surface area (Å²) in [6.45, 7) is 3.26. The Hall–Kier alpha value is -2.57. The summed E-state index contributed by atoms with van der Waals surface area (Å²) in [4.78, 5) is 35.4. The van der Waals surface area contributed by atoms with E-state index in [4.69, 9.17) is 9.47 Å². The van der Waals surface area contributed by atoms with E-state index in [0.717, 1.165) is 0 Å². The topological polar surface area (TPSA) is 102 Å². The quantitative estimate of drug-likeness (QED) is 0.589. The van der Waals surface area contributed by atoms with E-state index < -0.39 is 23.9 Å². The van der Waals surface area contributed by atoms with Crippen LogP contribution in [-0.4, -0.2) is 42.2 Å². The highest BCUT2D eigenvalue weighted by molar-refractivity contribution is 6.06. The molecular formula is C14H17NO6. The van der Waals surface area contributed by atoms with E-state index in [1.165, 1.54) is 12.1 Å². The molecule has 0 radical (unpaired) electrons. The number of hydrogen-bond acceptors (Lipinski definition) is 6. The largest absolute Gasteiger partial charge is 0.507 e. The lowest BCUT2D eigenvalue weighted by molar-refractivity contribution is -0.157. The van der Waals surface area contributed by atoms with Gasteiger partial charge >= 0.3 is 11.9 Å². The van der Waals surface area contributed by atoms with Gasteiger partial charge < -0.3 is 19.9 Å². The summed E-state index contributed by atoms with van der Waals surface area (Å²) in [5.41, 5.74) is -0.0592. The van der Waals surface area contributed by atoms with Crippen molar-refractivity contribution in [1.82, 2.24) is 5.32 Å². The highest BCUT2D eigenvalue weighted by Gasteiger charge is 2.32. The van der Waals surface area contributed by atoms with Crippen molar-refractivity contribution in [2.24, 2.45) is 0 Å². The van der Waals surface area contributed by atoms with Crippen molar-refractivity contribution < 1.29 is 29.0 Å². The first-order valence-corrected chi connectivity index (χ1v) is 6.43. The molecule has 0 bridgehead atoms. The maximum absolute atomic E-state index is 12.0. The van der Waals surface area contributed by atoms with Crippen molar-refractivity contribution in [2.75, 3.05) is 13.2 Å². The molecule has 7 heteroatoms. The van der Waals surface area contributed by atoms with E-state index in [0.29, 0.717) is 0 Å². The van der Waals surface area contributed by atoms with Gasteiger partial charge in [-0.1, -0.05) is 12.1 Å². The number of phenolic OH excluding ortho intramolecular Hbond substituents is 1. The Morgan fingerprint density at radius 1 is 1.10 bits per heavy atom. The maximum atomic E-state index is 12.0. The van der Waals surface area contributed by atoms with Gasteiger partial charge in [-0.25, -0.2) is 9.59 Å². The molecule has 0 saturated heterocycles. The average molecular weight is 295 g/mol. The Balaban J connectivity index is 2.90. The predicted molar refractivity (Wildman–Crippen MR) is 72.6 cm³/mol. The van der Waals surface area contributed by atoms with Gasteiger partial charge in [0.15, 0.2) is 0 Å². The summed E-state index contributed by atoms with van der Waals surface area (Å²) < 4.78 is 9.44. The second kappa shape index (κ2) is 7.88. The number of phenols is 1. The third-order valence-electron chi connectivity index (χ3n) is 2.47. The Labute approximate surface area is 121 Å². The van der Waals surface area contributed by atoms with Gasteiger partial charge in [0.2, 0.25) is 6.04 Å². The first kappa shape index (κ1) is 16.5. The number of carbonyl (C=O) groups is 3. The van der Waals surface area contributed by atoms with Crippen molar-refractivity contribution in [3.63, 3.8) is 0 Å². The molecule has 0 aliphatic rings. The average Bonchev–Trinajstić information content (AvgIpc) is 2.45. The number of carbonyl (C=O) groups excluding carboxylic acids is 3. The maximum Gasteiger partial charge on any atom is 0.340 e. The number of benzene rings is 1. The van der Waals surface area contributed by atoms with E-state index in [9.17, 15) is 19.5 Å². The van der Waals surface area contributed by atoms with E-state index in [1.54, 1.807) is 26.0 Å². The van der Waals surface area contributed by atoms with Gasteiger partial charge in [0.05, 0.1) is 18.8 Å². The number of rotatable bonds is 6. The van der Waals surface area contributed by atoms with Gasteiger partial charge in [-0.3, -0.25) is 4.79 Å². The molecular weight excluding hydrogens is 278 g/mol. The van der Waals surface area contributed by atoms with Crippen LogP contribution in [-0.2, 0) is 19.1 Å². The summed E-state index contributed by atoms with van der Waals surface area (Å²) in [5.74, 6) is -2.87. The Kier molecular flexibility index (Phi) is 6.19. The van der Waals surface area contributed by atoms with Gasteiger partial charge in [0, 0.05) is 0 Å². The van der Waals surface area contributed by atoms with E-state index >= 15 is 0 Å². The van der Waals surface area contributed by atoms with Crippen molar-refractivity contribution >= 4 is 17.8 Å². The van der Waals surface area contributed by atoms with Crippen LogP contribution in [0, 0.1) is 0 Å². The lowest BCUT2D eigenvalue weighted by Crippen LogP contribution is -2.48. The molecule has 0 aliphatic carbocycles. The van der Waals surface area contributed by atoms with Crippen molar-refractivity contribution in [3.05, 3.63) is 29.8 Å². The number of aromatic hydroxyl groups is 1. The van der Waals surface area contributed by atoms with E-state index in [1.807, 2.05) is 0 Å². The van der Waals surface area contributed by atoms with Gasteiger partial charge in [-0.05, 0) is 26.0 Å². The van der Waals surface area contributed by atoms with Gasteiger partial charge in [0.1, 0.15) is 5.75 Å². The lowest BCUT2D eigenvalue weighted by atomic mass is 10.1. The van der Waals surface area contributed by atoms with Crippen LogP contribution in [0.25, 0.3) is 0 Å². The number of para-hydroxylation sites is 1. The lowest BCUT2D eigenvalue weighted by Gasteiger charge is -2.16. The van der Waals surface area contributed by atoms with Gasteiger partial charge in [-0.15, -0.1) is 0 Å². The molecule has 0 atom stereocenters. The third kappa shape index (κ3) is 4.48. The van der Waals surface area contributed by atoms with Crippen LogP contribution in [0.1, 0.15) is 24.2 Å². The SMILES string of the molecule is CCOC(=O)C(NC(=O)c1ccccc1O)C(=O)OCC. The zero-order valence-corrected chi connectivity index (χ0v) is 11.8. The Morgan fingerprint density at radius 3 is 2.10 bits per heavy atom. The molecule has 0 spiro atoms. The fraction of sp³-hybridized carbons (Fsp3) is 0.357. The molecule has 0 aliphatic heterocycles. The number of amides is 1. The minimum atomic E-state index is -1.57. The van der Waals surface area contributed by atoms with E-state index in [-0.39, 0.29) is 24.5 Å². The van der Waals surface area contributed by atoms with Crippen molar-refractivity contribution in [1.29, 1.82) is 0 Å². The molecule has 114 valence electrons. The first-order valence-electron chi connectivity index (χ1n) is 6.43. The summed E-state index contributed by atoms with van der Waals surface area (Å²) >= 11 is 0. The molecule has 21 heavy (non-hydrogen) atoms. The molecule has 1 aromatic carbocycles. The standard InChI is InChI=1S/C14H17NO6/c1-3-20-13(18)11(14(19)21-4-2)15-12(17)9-7-5-6-8-10(9)16/h5-8,11,16H,3-4H2,1-2H3,(H,15,17). The summed E-state index contributed by atoms with van der Waals surface area (Å²) in [7, 11) is 0. The molecule has 1 amide bonds. The number of esters is 2. The smallest absolute Gasteiger partial charge is 0.340 e. The molecule has 0 unspecified atom stereocenters. The second-order valence-electron chi connectivity index (χ2n) is 3.93. The molecule has 2 N–H and O–H groups in total. The zero-order valence-electron chi connectivity index (χ0n) is 11.8. The van der Waals surface area contributed by atoms with Crippen LogP contribution in [0.4, 0.5) is 0 Å². The van der Waals surface area contributed by atoms with Crippen LogP contribution in [0.2, 0.25) is 0 Å². The van der Waals surface area contributed by atoms with Crippen molar-refractivity contribution in [2.45, 2.75) is 19.9 Å². The van der Waals surface area contributed by atoms with E-state index in [2.05, 4.69) is 5.32 Å². The molecule has 1 rings (SSSR count). The summed E-state index contributed by atoms with van der Waals surface area (Å²) in [5, 5.41) is 11.8. The minimum absolute atomic E-state index is 0.0567. The fourth-order valence-electron chi connectivity index (χ4n) is 1.54. The van der Waals surface area contributed by atoms with Gasteiger partial charge in [0.25, 0.3) is 5.91 Å². The van der Waals surface area contributed by atoms with Crippen LogP contribution in [0.5, 0.6) is 5.75 Å². The van der Waals surface area contributed by atoms with Crippen LogP contribution < -0.4 is 5.32 Å². The fourth-order valence-corrected chi connectivity index (χ4v) is 1.54. The van der Waals surface area contributed by atoms with Crippen LogP contribution in [0.15, 0.2) is 24.3 Å². The number of ether oxygens (including phenoxy) is 2. The molecule has 0 aromatic heterocycles. The Bertz CT molecular complexity index is 510. The normalized spacial score (nSPS) is 10.0. The van der Waals surface area contributed by atoms with Gasteiger partial charge in [-0.2, -0.15) is 0 Å². The highest BCUT2D eigenvalue weighted by atomic mass is 16.6. The summed E-state index contributed by atoms with van der Waals surface area (Å²) in [6, 6.07) is 4.19. The third-order valence-corrected chi connectivity index (χ3v) is 2.47. The zero-order chi connectivity index (χ0) is 15.8. The Morgan fingerprint density at radius 2 is 1.62 bits per heavy atom. The molecule has 1 aromatic rings. The molecule has 0 fully saturated rings. The number of hydrogen-bond donors (Lipinski definition) is 2. The highest BCUT2D eigenvalue weighted by Crippen LogP contribution is 2.15. The van der Waals surface area contributed by atoms with Crippen molar-refractivity contribution in [3.8, 4) is 5.75 Å². The predicted octanol–water partition coefficient (Wildman–Crippen LogP) is 0.617. The first-order chi connectivity index (χ1) is 10.0. The second-order valence-corrected chi connectivity index (χ2v) is 3.93. The minimum Gasteiger partial charge on any atom is -0.507 e. The molecule has 0 saturated carbocycles. The molecule has 0 heterocycles. The monoisotopic (exact) mass is 295 g/mol. The number of nitrogens with one attached hydrogen (secondary N) is 1. The van der Waals surface area contributed by atoms with Crippen LogP contribution in [0.3, 0.4) is 0 Å². The summed E-state index contributed by atoms with van der Waals surface area (Å²) in [6.07, 6.45) is 0.